The molecule has 0 bridgehead atoms. The first-order valence-corrected chi connectivity index (χ1v) is 9.77. The van der Waals surface area contributed by atoms with Crippen molar-refractivity contribution in [2.45, 2.75) is 58.5 Å². The lowest BCUT2D eigenvalue weighted by Gasteiger charge is -2.12. The van der Waals surface area contributed by atoms with Gasteiger partial charge in [0.1, 0.15) is 11.6 Å². The molecule has 0 saturated heterocycles. The lowest BCUT2D eigenvalue weighted by molar-refractivity contribution is 0.583. The number of aliphatic imine (C=N–C) groups is 1. The fraction of sp³-hybridized carbons (Fsp3) is 0.667. The van der Waals surface area contributed by atoms with Crippen LogP contribution in [0.5, 0.6) is 0 Å². The van der Waals surface area contributed by atoms with Crippen molar-refractivity contribution in [2.24, 2.45) is 4.99 Å². The molecule has 2 N–H and O–H groups in total. The lowest BCUT2D eigenvalue weighted by Crippen LogP contribution is -2.38. The normalized spacial score (nSPS) is 14.2. The molecule has 8 nitrogen and oxygen atoms in total. The van der Waals surface area contributed by atoms with Crippen LogP contribution in [0.25, 0.3) is 0 Å². The minimum atomic E-state index is 0. The Labute approximate surface area is 178 Å². The van der Waals surface area contributed by atoms with Crippen LogP contribution in [0.4, 0.5) is 0 Å². The third kappa shape index (κ3) is 6.78. The number of fused-ring (bicyclic) bond motifs is 1. The Balaban J connectivity index is 0.00000261. The molecule has 2 aromatic heterocycles. The van der Waals surface area contributed by atoms with Gasteiger partial charge in [-0.05, 0) is 32.3 Å². The predicted octanol–water partition coefficient (Wildman–Crippen LogP) is 2.01. The molecule has 0 aromatic carbocycles. The summed E-state index contributed by atoms with van der Waals surface area (Å²) in [6.07, 6.45) is 10.4. The third-order valence-corrected chi connectivity index (χ3v) is 4.55. The number of hydrogen-bond donors (Lipinski definition) is 2. The molecule has 1 aliphatic heterocycles. The maximum Gasteiger partial charge on any atom is 0.191 e. The summed E-state index contributed by atoms with van der Waals surface area (Å²) < 4.78 is 4.25. The van der Waals surface area contributed by atoms with Gasteiger partial charge in [0, 0.05) is 58.0 Å². The van der Waals surface area contributed by atoms with Crippen molar-refractivity contribution in [2.75, 3.05) is 19.6 Å². The van der Waals surface area contributed by atoms with E-state index in [1.807, 2.05) is 16.9 Å². The summed E-state index contributed by atoms with van der Waals surface area (Å²) in [5.74, 6) is 3.10. The van der Waals surface area contributed by atoms with Crippen molar-refractivity contribution in [3.63, 3.8) is 0 Å². The largest absolute Gasteiger partial charge is 0.357 e. The summed E-state index contributed by atoms with van der Waals surface area (Å²) in [6, 6.07) is 1.94. The summed E-state index contributed by atoms with van der Waals surface area (Å²) in [4.78, 5) is 4.64. The first-order chi connectivity index (χ1) is 12.9. The zero-order valence-electron chi connectivity index (χ0n) is 16.1. The monoisotopic (exact) mass is 486 g/mol. The maximum atomic E-state index is 4.64. The summed E-state index contributed by atoms with van der Waals surface area (Å²) in [5.41, 5.74) is 0. The molecule has 0 aliphatic carbocycles. The van der Waals surface area contributed by atoms with E-state index in [2.05, 4.69) is 42.4 Å². The van der Waals surface area contributed by atoms with E-state index in [1.54, 1.807) is 6.20 Å². The van der Waals surface area contributed by atoms with Crippen LogP contribution in [0.1, 0.15) is 44.3 Å². The molecule has 1 aliphatic rings. The van der Waals surface area contributed by atoms with Crippen LogP contribution in [-0.2, 0) is 25.9 Å². The molecule has 150 valence electrons. The molecule has 0 atom stereocenters. The molecule has 0 fully saturated rings. The van der Waals surface area contributed by atoms with Gasteiger partial charge < -0.3 is 15.2 Å². The van der Waals surface area contributed by atoms with Crippen molar-refractivity contribution in [3.05, 3.63) is 30.1 Å². The summed E-state index contributed by atoms with van der Waals surface area (Å²) in [7, 11) is 0. The van der Waals surface area contributed by atoms with E-state index >= 15 is 0 Å². The molecule has 0 saturated carbocycles. The first kappa shape index (κ1) is 21.6. The highest BCUT2D eigenvalue weighted by Crippen LogP contribution is 2.14. The van der Waals surface area contributed by atoms with Crippen LogP contribution in [0, 0.1) is 0 Å². The third-order valence-electron chi connectivity index (χ3n) is 4.55. The van der Waals surface area contributed by atoms with Gasteiger partial charge in [0.15, 0.2) is 5.96 Å². The van der Waals surface area contributed by atoms with Gasteiger partial charge in [-0.3, -0.25) is 9.67 Å². The molecule has 0 radical (unpaired) electrons. The number of aryl methyl sites for hydroxylation is 2. The zero-order chi connectivity index (χ0) is 18.0. The number of rotatable bonds is 8. The van der Waals surface area contributed by atoms with E-state index < -0.39 is 0 Å². The predicted molar refractivity (Wildman–Crippen MR) is 118 cm³/mol. The van der Waals surface area contributed by atoms with E-state index in [-0.39, 0.29) is 24.0 Å². The quantitative estimate of drug-likeness (QED) is 0.258. The molecule has 27 heavy (non-hydrogen) atoms. The van der Waals surface area contributed by atoms with Gasteiger partial charge in [0.25, 0.3) is 0 Å². The second kappa shape index (κ2) is 11.9. The average molecular weight is 486 g/mol. The van der Waals surface area contributed by atoms with Crippen molar-refractivity contribution >= 4 is 29.9 Å². The minimum Gasteiger partial charge on any atom is -0.357 e. The van der Waals surface area contributed by atoms with Crippen molar-refractivity contribution < 1.29 is 0 Å². The number of halogens is 1. The van der Waals surface area contributed by atoms with E-state index in [1.165, 1.54) is 19.3 Å². The number of nitrogens with one attached hydrogen (secondary N) is 2. The topological polar surface area (TPSA) is 84.9 Å². The molecule has 3 heterocycles. The number of guanidine groups is 1. The van der Waals surface area contributed by atoms with Crippen molar-refractivity contribution in [1.82, 2.24) is 35.2 Å². The molecular formula is C18H31IN8. The molecule has 0 amide bonds. The standard InChI is InChI=1S/C18H30N8.HI/c1-2-19-18(20-10-6-13-25-14-7-11-22-25)21-12-9-17-24-23-16-8-4-3-5-15-26(16)17;/h7,11,14H,2-6,8-10,12-13,15H2,1H3,(H2,19,20,21);1H. The van der Waals surface area contributed by atoms with Crippen LogP contribution in [-0.4, -0.2) is 50.1 Å². The minimum absolute atomic E-state index is 0. The molecule has 9 heteroatoms. The molecule has 0 spiro atoms. The van der Waals surface area contributed by atoms with Gasteiger partial charge in [0.2, 0.25) is 0 Å². The Hall–Kier alpha value is -1.65. The van der Waals surface area contributed by atoms with Gasteiger partial charge in [-0.15, -0.1) is 34.2 Å². The maximum absolute atomic E-state index is 4.64. The van der Waals surface area contributed by atoms with Crippen LogP contribution >= 0.6 is 24.0 Å². The Morgan fingerprint density at radius 1 is 1.22 bits per heavy atom. The Morgan fingerprint density at radius 2 is 2.15 bits per heavy atom. The summed E-state index contributed by atoms with van der Waals surface area (Å²) in [5, 5.41) is 19.7. The molecule has 2 aromatic rings. The van der Waals surface area contributed by atoms with Crippen LogP contribution in [0.3, 0.4) is 0 Å². The van der Waals surface area contributed by atoms with Gasteiger partial charge in [-0.25, -0.2) is 0 Å². The van der Waals surface area contributed by atoms with Gasteiger partial charge >= 0.3 is 0 Å². The fourth-order valence-corrected chi connectivity index (χ4v) is 3.22. The number of nitrogens with zero attached hydrogens (tertiary/aromatic N) is 6. The number of aromatic nitrogens is 5. The average Bonchev–Trinajstić information content (AvgIpc) is 3.23. The zero-order valence-corrected chi connectivity index (χ0v) is 18.4. The van der Waals surface area contributed by atoms with Crippen LogP contribution < -0.4 is 10.6 Å². The summed E-state index contributed by atoms with van der Waals surface area (Å²) in [6.45, 7) is 6.46. The second-order valence-corrected chi connectivity index (χ2v) is 6.55. The lowest BCUT2D eigenvalue weighted by atomic mass is 10.2. The van der Waals surface area contributed by atoms with Crippen molar-refractivity contribution in [3.8, 4) is 0 Å². The Bertz CT molecular complexity index is 680. The van der Waals surface area contributed by atoms with Crippen molar-refractivity contribution in [1.29, 1.82) is 0 Å². The van der Waals surface area contributed by atoms with E-state index in [0.29, 0.717) is 0 Å². The highest BCUT2D eigenvalue weighted by atomic mass is 127. The van der Waals surface area contributed by atoms with E-state index in [4.69, 9.17) is 0 Å². The molecular weight excluding hydrogens is 455 g/mol. The smallest absolute Gasteiger partial charge is 0.191 e. The molecule has 3 rings (SSSR count). The number of hydrogen-bond acceptors (Lipinski definition) is 4. The van der Waals surface area contributed by atoms with E-state index in [9.17, 15) is 0 Å². The summed E-state index contributed by atoms with van der Waals surface area (Å²) >= 11 is 0. The van der Waals surface area contributed by atoms with Gasteiger partial charge in [0.05, 0.1) is 0 Å². The molecule has 0 unspecified atom stereocenters. The highest BCUT2D eigenvalue weighted by Gasteiger charge is 2.14. The second-order valence-electron chi connectivity index (χ2n) is 6.55. The van der Waals surface area contributed by atoms with E-state index in [0.717, 1.165) is 69.6 Å². The fourth-order valence-electron chi connectivity index (χ4n) is 3.22. The van der Waals surface area contributed by atoms with Crippen LogP contribution in [0.15, 0.2) is 23.5 Å². The first-order valence-electron chi connectivity index (χ1n) is 9.77. The Morgan fingerprint density at radius 3 is 2.96 bits per heavy atom. The highest BCUT2D eigenvalue weighted by molar-refractivity contribution is 14.0. The van der Waals surface area contributed by atoms with Gasteiger partial charge in [-0.2, -0.15) is 5.10 Å². The SMILES string of the molecule is CCNC(=NCCCn1cccn1)NCCc1nnc2n1CCCCC2.I. The van der Waals surface area contributed by atoms with Crippen LogP contribution in [0.2, 0.25) is 0 Å². The van der Waals surface area contributed by atoms with Gasteiger partial charge in [-0.1, -0.05) is 6.42 Å². The Kier molecular flexibility index (Phi) is 9.57.